The Morgan fingerprint density at radius 2 is 1.85 bits per heavy atom. The van der Waals surface area contributed by atoms with E-state index in [1.807, 2.05) is 0 Å². The van der Waals surface area contributed by atoms with Crippen LogP contribution in [0.2, 0.25) is 0 Å². The van der Waals surface area contributed by atoms with Crippen LogP contribution in [0, 0.1) is 11.6 Å². The van der Waals surface area contributed by atoms with Crippen LogP contribution < -0.4 is 10.9 Å². The van der Waals surface area contributed by atoms with E-state index in [1.54, 1.807) is 42.5 Å². The Hall–Kier alpha value is -3.85. The predicted molar refractivity (Wildman–Crippen MR) is 126 cm³/mol. The van der Waals surface area contributed by atoms with Crippen LogP contribution in [0.5, 0.6) is 0 Å². The minimum atomic E-state index is -0.913. The number of benzene rings is 3. The number of Topliss-reactive ketones (excluding diaryl/α,β-unsaturated/α-hetero) is 1. The van der Waals surface area contributed by atoms with E-state index in [9.17, 15) is 23.2 Å². The van der Waals surface area contributed by atoms with Gasteiger partial charge in [-0.2, -0.15) is 0 Å². The van der Waals surface area contributed by atoms with Crippen molar-refractivity contribution in [1.29, 1.82) is 0 Å². The summed E-state index contributed by atoms with van der Waals surface area (Å²) in [6.45, 7) is 0. The van der Waals surface area contributed by atoms with Crippen molar-refractivity contribution in [3.05, 3.63) is 93.8 Å². The highest BCUT2D eigenvalue weighted by molar-refractivity contribution is 7.99. The number of aryl methyl sites for hydroxylation is 1. The van der Waals surface area contributed by atoms with Gasteiger partial charge in [-0.3, -0.25) is 19.0 Å². The molecule has 6 nitrogen and oxygen atoms in total. The average Bonchev–Trinajstić information content (AvgIpc) is 2.83. The summed E-state index contributed by atoms with van der Waals surface area (Å²) in [4.78, 5) is 42.2. The van der Waals surface area contributed by atoms with Gasteiger partial charge in [-0.25, -0.2) is 13.8 Å². The number of nitrogens with zero attached hydrogens (tertiary/aromatic N) is 2. The van der Waals surface area contributed by atoms with E-state index in [-0.39, 0.29) is 33.7 Å². The molecule has 0 saturated carbocycles. The predicted octanol–water partition coefficient (Wildman–Crippen LogP) is 4.52. The van der Waals surface area contributed by atoms with Crippen molar-refractivity contribution in [2.45, 2.75) is 18.0 Å². The Balaban J connectivity index is 1.50. The van der Waals surface area contributed by atoms with E-state index in [0.717, 1.165) is 28.0 Å². The summed E-state index contributed by atoms with van der Waals surface area (Å²) in [5, 5.41) is 3.17. The molecule has 0 spiro atoms. The molecule has 2 heterocycles. The zero-order valence-corrected chi connectivity index (χ0v) is 18.5. The molecule has 3 aromatic carbocycles. The van der Waals surface area contributed by atoms with E-state index < -0.39 is 17.2 Å². The maximum Gasteiger partial charge on any atom is 0.266 e. The van der Waals surface area contributed by atoms with Gasteiger partial charge in [0.2, 0.25) is 5.91 Å². The SMILES string of the molecule is O=C1CCc2cc(C(=O)CSc3nc4ccccc4c(=O)n3-c3ccc(F)cc3F)ccc2N1. The molecule has 4 aromatic rings. The fourth-order valence-corrected chi connectivity index (χ4v) is 4.75. The largest absolute Gasteiger partial charge is 0.326 e. The lowest BCUT2D eigenvalue weighted by molar-refractivity contribution is -0.116. The van der Waals surface area contributed by atoms with Crippen molar-refractivity contribution < 1.29 is 18.4 Å². The molecule has 1 N–H and O–H groups in total. The third-order valence-corrected chi connectivity index (χ3v) is 6.49. The lowest BCUT2D eigenvalue weighted by Crippen LogP contribution is -2.23. The number of fused-ring (bicyclic) bond motifs is 2. The molecule has 9 heteroatoms. The normalized spacial score (nSPS) is 12.9. The molecule has 1 amide bonds. The number of amides is 1. The fraction of sp³-hybridized carbons (Fsp3) is 0.120. The lowest BCUT2D eigenvalue weighted by atomic mass is 9.99. The number of rotatable bonds is 5. The first-order valence-electron chi connectivity index (χ1n) is 10.5. The topological polar surface area (TPSA) is 81.1 Å². The van der Waals surface area contributed by atoms with Gasteiger partial charge in [-0.1, -0.05) is 23.9 Å². The Kier molecular flexibility index (Phi) is 5.70. The van der Waals surface area contributed by atoms with Gasteiger partial charge in [0.25, 0.3) is 5.56 Å². The Morgan fingerprint density at radius 3 is 2.68 bits per heavy atom. The fourth-order valence-electron chi connectivity index (χ4n) is 3.85. The summed E-state index contributed by atoms with van der Waals surface area (Å²) in [5.41, 5.74) is 1.78. The number of thioether (sulfide) groups is 1. The highest BCUT2D eigenvalue weighted by Crippen LogP contribution is 2.27. The maximum atomic E-state index is 14.6. The molecule has 1 aromatic heterocycles. The van der Waals surface area contributed by atoms with Crippen LogP contribution in [0.4, 0.5) is 14.5 Å². The molecular formula is C25H17F2N3O3S. The van der Waals surface area contributed by atoms with E-state index in [1.165, 1.54) is 6.07 Å². The lowest BCUT2D eigenvalue weighted by Gasteiger charge is -2.17. The molecule has 0 atom stereocenters. The van der Waals surface area contributed by atoms with Crippen molar-refractivity contribution in [1.82, 2.24) is 9.55 Å². The van der Waals surface area contributed by atoms with Crippen LogP contribution >= 0.6 is 11.8 Å². The number of carbonyl (C=O) groups excluding carboxylic acids is 2. The third kappa shape index (κ3) is 4.10. The Bertz CT molecular complexity index is 1530. The van der Waals surface area contributed by atoms with Crippen LogP contribution in [0.15, 0.2) is 70.6 Å². The molecule has 0 aliphatic carbocycles. The van der Waals surface area contributed by atoms with Crippen molar-refractivity contribution in [2.75, 3.05) is 11.1 Å². The van der Waals surface area contributed by atoms with Gasteiger partial charge in [0.05, 0.1) is 22.3 Å². The van der Waals surface area contributed by atoms with Gasteiger partial charge in [-0.15, -0.1) is 0 Å². The molecular weight excluding hydrogens is 460 g/mol. The van der Waals surface area contributed by atoms with E-state index >= 15 is 0 Å². The second-order valence-electron chi connectivity index (χ2n) is 7.78. The van der Waals surface area contributed by atoms with Crippen molar-refractivity contribution in [3.63, 3.8) is 0 Å². The molecule has 0 saturated heterocycles. The number of halogens is 2. The van der Waals surface area contributed by atoms with Gasteiger partial charge >= 0.3 is 0 Å². The first-order chi connectivity index (χ1) is 16.4. The molecule has 0 bridgehead atoms. The number of nitrogens with one attached hydrogen (secondary N) is 1. The van der Waals surface area contributed by atoms with E-state index in [0.29, 0.717) is 35.7 Å². The van der Waals surface area contributed by atoms with E-state index in [2.05, 4.69) is 10.3 Å². The van der Waals surface area contributed by atoms with Crippen LogP contribution in [-0.4, -0.2) is 27.0 Å². The highest BCUT2D eigenvalue weighted by Gasteiger charge is 2.20. The Morgan fingerprint density at radius 1 is 1.03 bits per heavy atom. The second kappa shape index (κ2) is 8.83. The number of ketones is 1. The minimum absolute atomic E-state index is 0.0568. The molecule has 34 heavy (non-hydrogen) atoms. The van der Waals surface area contributed by atoms with Crippen molar-refractivity contribution in [3.8, 4) is 5.69 Å². The van der Waals surface area contributed by atoms with Crippen LogP contribution in [0.1, 0.15) is 22.3 Å². The van der Waals surface area contributed by atoms with Gasteiger partial charge in [0.15, 0.2) is 10.9 Å². The minimum Gasteiger partial charge on any atom is -0.326 e. The number of carbonyl (C=O) groups is 2. The maximum absolute atomic E-state index is 14.6. The molecule has 0 unspecified atom stereocenters. The number of anilines is 1. The first-order valence-corrected chi connectivity index (χ1v) is 11.5. The monoisotopic (exact) mass is 477 g/mol. The van der Waals surface area contributed by atoms with Crippen LogP contribution in [0.3, 0.4) is 0 Å². The van der Waals surface area contributed by atoms with Gasteiger partial charge < -0.3 is 5.32 Å². The molecule has 0 radical (unpaired) electrons. The molecule has 1 aliphatic rings. The smallest absolute Gasteiger partial charge is 0.266 e. The van der Waals surface area contributed by atoms with Crippen LogP contribution in [0.25, 0.3) is 16.6 Å². The summed E-state index contributed by atoms with van der Waals surface area (Å²) in [6, 6.07) is 14.6. The van der Waals surface area contributed by atoms with Crippen molar-refractivity contribution in [2.24, 2.45) is 0 Å². The van der Waals surface area contributed by atoms with E-state index in [4.69, 9.17) is 0 Å². The summed E-state index contributed by atoms with van der Waals surface area (Å²) in [5.74, 6) is -2.01. The second-order valence-corrected chi connectivity index (χ2v) is 8.72. The summed E-state index contributed by atoms with van der Waals surface area (Å²) >= 11 is 0.997. The van der Waals surface area contributed by atoms with Crippen LogP contribution in [-0.2, 0) is 11.2 Å². The average molecular weight is 477 g/mol. The zero-order valence-electron chi connectivity index (χ0n) is 17.7. The number of hydrogen-bond donors (Lipinski definition) is 1. The molecule has 1 aliphatic heterocycles. The molecule has 5 rings (SSSR count). The standard InChI is InChI=1S/C25H17F2N3O3S/c26-16-7-9-21(18(27)12-16)30-24(33)17-3-1-2-4-20(17)29-25(30)34-13-22(31)15-5-8-19-14(11-15)6-10-23(32)28-19/h1-5,7-9,11-12H,6,10,13H2,(H,28,32). The van der Waals surface area contributed by atoms with Gasteiger partial charge in [0.1, 0.15) is 11.6 Å². The summed E-state index contributed by atoms with van der Waals surface area (Å²) in [6.07, 6.45) is 0.904. The number of aromatic nitrogens is 2. The summed E-state index contributed by atoms with van der Waals surface area (Å²) in [7, 11) is 0. The van der Waals surface area contributed by atoms with Gasteiger partial charge in [-0.05, 0) is 54.4 Å². The molecule has 0 fully saturated rings. The number of para-hydroxylation sites is 1. The first kappa shape index (κ1) is 22.0. The molecule has 170 valence electrons. The number of hydrogen-bond acceptors (Lipinski definition) is 5. The highest BCUT2D eigenvalue weighted by atomic mass is 32.2. The van der Waals surface area contributed by atoms with Gasteiger partial charge in [0, 0.05) is 23.7 Å². The summed E-state index contributed by atoms with van der Waals surface area (Å²) < 4.78 is 29.2. The third-order valence-electron chi connectivity index (χ3n) is 5.55. The Labute approximate surface area is 196 Å². The quantitative estimate of drug-likeness (QED) is 0.260. The van der Waals surface area contributed by atoms with Crippen molar-refractivity contribution >= 4 is 40.0 Å². The zero-order chi connectivity index (χ0) is 23.8.